The molecule has 2 amide bonds. The molecule has 0 saturated heterocycles. The van der Waals surface area contributed by atoms with Crippen LogP contribution < -0.4 is 29.6 Å². The van der Waals surface area contributed by atoms with E-state index < -0.39 is 0 Å². The molecule has 0 fully saturated rings. The lowest BCUT2D eigenvalue weighted by Gasteiger charge is -2.11. The maximum atomic E-state index is 12.7. The van der Waals surface area contributed by atoms with E-state index in [1.807, 2.05) is 30.5 Å². The third-order valence-electron chi connectivity index (χ3n) is 6.08. The first-order chi connectivity index (χ1) is 19.0. The summed E-state index contributed by atoms with van der Waals surface area (Å²) in [7, 11) is 6.21. The summed E-state index contributed by atoms with van der Waals surface area (Å²) in [5.74, 6) is 2.10. The van der Waals surface area contributed by atoms with E-state index >= 15 is 0 Å². The number of benzene rings is 3. The fraction of sp³-hybridized carbons (Fsp3) is 0.241. The van der Waals surface area contributed by atoms with Crippen LogP contribution >= 0.6 is 11.8 Å². The molecule has 0 spiro atoms. The number of carbonyl (C=O) groups is 2. The summed E-state index contributed by atoms with van der Waals surface area (Å²) in [5, 5.41) is 6.91. The average Bonchev–Trinajstić information content (AvgIpc) is 3.33. The summed E-state index contributed by atoms with van der Waals surface area (Å²) in [5.41, 5.74) is 2.09. The number of hydrogen-bond donors (Lipinski definition) is 2. The number of hydrogen-bond acceptors (Lipinski definition) is 7. The van der Waals surface area contributed by atoms with Crippen LogP contribution in [0.4, 0.5) is 5.69 Å². The van der Waals surface area contributed by atoms with Crippen molar-refractivity contribution in [1.82, 2.24) is 9.88 Å². The van der Waals surface area contributed by atoms with E-state index in [0.717, 1.165) is 15.8 Å². The van der Waals surface area contributed by atoms with E-state index in [0.29, 0.717) is 47.3 Å². The maximum absolute atomic E-state index is 12.7. The Bertz CT molecular complexity index is 1470. The van der Waals surface area contributed by atoms with Crippen molar-refractivity contribution in [3.8, 4) is 23.0 Å². The van der Waals surface area contributed by atoms with Crippen molar-refractivity contribution in [2.24, 2.45) is 0 Å². The van der Waals surface area contributed by atoms with Gasteiger partial charge in [-0.2, -0.15) is 0 Å². The molecule has 9 nitrogen and oxygen atoms in total. The smallest absolute Gasteiger partial charge is 0.251 e. The Balaban J connectivity index is 1.39. The molecular formula is C29H31N3O6S. The van der Waals surface area contributed by atoms with E-state index in [4.69, 9.17) is 18.9 Å². The second-order valence-electron chi connectivity index (χ2n) is 8.43. The lowest BCUT2D eigenvalue weighted by Crippen LogP contribution is -2.27. The number of methoxy groups -OCH3 is 4. The minimum atomic E-state index is -0.201. The van der Waals surface area contributed by atoms with Gasteiger partial charge in [0.05, 0.1) is 39.9 Å². The number of nitrogens with zero attached hydrogens (tertiary/aromatic N) is 1. The lowest BCUT2D eigenvalue weighted by molar-refractivity contribution is -0.113. The number of amides is 2. The standard InChI is InChI=1S/C29H31N3O6S/c1-35-20-10-11-22(25(16-20)37-3)31-28(33)18-39-27-17-32(23-8-6-5-7-21(23)27)14-13-30-29(34)19-9-12-24(36-2)26(15-19)38-4/h5-12,15-17H,13-14,18H2,1-4H3,(H,30,34)(H,31,33). The quantitative estimate of drug-likeness (QED) is 0.244. The van der Waals surface area contributed by atoms with Crippen LogP contribution in [0.2, 0.25) is 0 Å². The highest BCUT2D eigenvalue weighted by atomic mass is 32.2. The van der Waals surface area contributed by atoms with Gasteiger partial charge in [-0.05, 0) is 36.4 Å². The van der Waals surface area contributed by atoms with E-state index in [2.05, 4.69) is 15.2 Å². The van der Waals surface area contributed by atoms with E-state index in [1.54, 1.807) is 57.7 Å². The molecule has 1 heterocycles. The van der Waals surface area contributed by atoms with Gasteiger partial charge in [-0.1, -0.05) is 18.2 Å². The Morgan fingerprint density at radius 1 is 0.846 bits per heavy atom. The first kappa shape index (κ1) is 27.7. The van der Waals surface area contributed by atoms with E-state index in [1.165, 1.54) is 18.9 Å². The molecule has 4 aromatic rings. The Hall–Kier alpha value is -4.31. The molecule has 0 aliphatic carbocycles. The normalized spacial score (nSPS) is 10.7. The van der Waals surface area contributed by atoms with Gasteiger partial charge in [0, 0.05) is 46.7 Å². The zero-order valence-corrected chi connectivity index (χ0v) is 23.1. The van der Waals surface area contributed by atoms with Gasteiger partial charge in [0.25, 0.3) is 5.91 Å². The first-order valence-corrected chi connectivity index (χ1v) is 13.2. The zero-order valence-electron chi connectivity index (χ0n) is 22.3. The lowest BCUT2D eigenvalue weighted by atomic mass is 10.2. The van der Waals surface area contributed by atoms with Crippen molar-refractivity contribution in [3.05, 3.63) is 72.4 Å². The van der Waals surface area contributed by atoms with Crippen LogP contribution in [-0.2, 0) is 11.3 Å². The summed E-state index contributed by atoms with van der Waals surface area (Å²) >= 11 is 1.45. The molecule has 204 valence electrons. The molecule has 0 radical (unpaired) electrons. The minimum Gasteiger partial charge on any atom is -0.497 e. The van der Waals surface area contributed by atoms with Crippen LogP contribution in [0.5, 0.6) is 23.0 Å². The molecule has 10 heteroatoms. The Labute approximate surface area is 231 Å². The van der Waals surface area contributed by atoms with Crippen molar-refractivity contribution in [3.63, 3.8) is 0 Å². The molecule has 1 aromatic heterocycles. The predicted molar refractivity (Wildman–Crippen MR) is 153 cm³/mol. The number of aromatic nitrogens is 1. The molecule has 3 aromatic carbocycles. The molecule has 0 aliphatic rings. The van der Waals surface area contributed by atoms with Crippen molar-refractivity contribution < 1.29 is 28.5 Å². The minimum absolute atomic E-state index is 0.150. The van der Waals surface area contributed by atoms with Crippen molar-refractivity contribution in [2.45, 2.75) is 11.4 Å². The molecule has 0 atom stereocenters. The van der Waals surface area contributed by atoms with Crippen molar-refractivity contribution in [2.75, 3.05) is 46.1 Å². The van der Waals surface area contributed by atoms with Gasteiger partial charge in [0.15, 0.2) is 11.5 Å². The van der Waals surface area contributed by atoms with Crippen LogP contribution in [-0.4, -0.2) is 57.1 Å². The third kappa shape index (κ3) is 6.58. The SMILES string of the molecule is COc1ccc(NC(=O)CSc2cn(CCNC(=O)c3ccc(OC)c(OC)c3)c3ccccc23)c(OC)c1. The summed E-state index contributed by atoms with van der Waals surface area (Å²) < 4.78 is 23.2. The van der Waals surface area contributed by atoms with Crippen molar-refractivity contribution >= 4 is 40.2 Å². The number of rotatable bonds is 12. The second kappa shape index (κ2) is 13.0. The van der Waals surface area contributed by atoms with Gasteiger partial charge in [-0.15, -0.1) is 11.8 Å². The van der Waals surface area contributed by atoms with Gasteiger partial charge in [0.1, 0.15) is 11.5 Å². The zero-order chi connectivity index (χ0) is 27.8. The fourth-order valence-corrected chi connectivity index (χ4v) is 5.00. The number of ether oxygens (including phenoxy) is 4. The van der Waals surface area contributed by atoms with Gasteiger partial charge < -0.3 is 34.1 Å². The van der Waals surface area contributed by atoms with Crippen LogP contribution in [0.1, 0.15) is 10.4 Å². The first-order valence-electron chi connectivity index (χ1n) is 12.2. The average molecular weight is 550 g/mol. The molecule has 0 unspecified atom stereocenters. The number of nitrogens with one attached hydrogen (secondary N) is 2. The van der Waals surface area contributed by atoms with Gasteiger partial charge in [-0.25, -0.2) is 0 Å². The van der Waals surface area contributed by atoms with Crippen molar-refractivity contribution in [1.29, 1.82) is 0 Å². The molecule has 4 rings (SSSR count). The Morgan fingerprint density at radius 2 is 1.62 bits per heavy atom. The molecule has 2 N–H and O–H groups in total. The molecular weight excluding hydrogens is 518 g/mol. The van der Waals surface area contributed by atoms with Gasteiger partial charge >= 0.3 is 0 Å². The third-order valence-corrected chi connectivity index (χ3v) is 7.12. The topological polar surface area (TPSA) is 100 Å². The highest BCUT2D eigenvalue weighted by molar-refractivity contribution is 8.00. The molecule has 0 aliphatic heterocycles. The highest BCUT2D eigenvalue weighted by Gasteiger charge is 2.14. The highest BCUT2D eigenvalue weighted by Crippen LogP contribution is 2.32. The van der Waals surface area contributed by atoms with Gasteiger partial charge in [0.2, 0.25) is 5.91 Å². The van der Waals surface area contributed by atoms with Crippen LogP contribution in [0.3, 0.4) is 0 Å². The summed E-state index contributed by atoms with van der Waals surface area (Å²) in [6, 6.07) is 18.3. The second-order valence-corrected chi connectivity index (χ2v) is 9.45. The van der Waals surface area contributed by atoms with E-state index in [-0.39, 0.29) is 17.6 Å². The number of thioether (sulfide) groups is 1. The fourth-order valence-electron chi connectivity index (χ4n) is 4.11. The summed E-state index contributed by atoms with van der Waals surface area (Å²) in [4.78, 5) is 26.4. The number of anilines is 1. The predicted octanol–water partition coefficient (Wildman–Crippen LogP) is 4.84. The summed E-state index contributed by atoms with van der Waals surface area (Å²) in [6.45, 7) is 0.989. The number of fused-ring (bicyclic) bond motifs is 1. The molecule has 0 saturated carbocycles. The largest absolute Gasteiger partial charge is 0.497 e. The molecule has 39 heavy (non-hydrogen) atoms. The van der Waals surface area contributed by atoms with Crippen LogP contribution in [0.15, 0.2) is 71.8 Å². The summed E-state index contributed by atoms with van der Waals surface area (Å²) in [6.07, 6.45) is 2.01. The number of para-hydroxylation sites is 1. The number of carbonyl (C=O) groups excluding carboxylic acids is 2. The van der Waals surface area contributed by atoms with E-state index in [9.17, 15) is 9.59 Å². The van der Waals surface area contributed by atoms with Gasteiger partial charge in [-0.3, -0.25) is 9.59 Å². The Morgan fingerprint density at radius 3 is 2.36 bits per heavy atom. The Kier molecular flexibility index (Phi) is 9.22. The maximum Gasteiger partial charge on any atom is 0.251 e. The molecule has 0 bridgehead atoms. The monoisotopic (exact) mass is 549 g/mol. The van der Waals surface area contributed by atoms with Crippen LogP contribution in [0.25, 0.3) is 10.9 Å². The van der Waals surface area contributed by atoms with Crippen LogP contribution in [0, 0.1) is 0 Å².